The summed E-state index contributed by atoms with van der Waals surface area (Å²) in [7, 11) is 0. The number of benzene rings is 2. The fraction of sp³-hybridized carbons (Fsp3) is 0.217. The Morgan fingerprint density at radius 2 is 1.89 bits per heavy atom. The molecule has 0 spiro atoms. The average Bonchev–Trinajstić information content (AvgIpc) is 2.70. The van der Waals surface area contributed by atoms with Gasteiger partial charge in [-0.3, -0.25) is 14.3 Å². The van der Waals surface area contributed by atoms with Gasteiger partial charge in [0.15, 0.2) is 0 Å². The van der Waals surface area contributed by atoms with Crippen LogP contribution in [0.25, 0.3) is 22.7 Å². The highest BCUT2D eigenvalue weighted by Crippen LogP contribution is 2.24. The summed E-state index contributed by atoms with van der Waals surface area (Å²) in [5, 5.41) is 10.4. The number of hydrogen-bond acceptors (Lipinski definition) is 4. The summed E-state index contributed by atoms with van der Waals surface area (Å²) in [6.07, 6.45) is 4.58. The molecule has 3 aromatic rings. The minimum absolute atomic E-state index is 0.123. The molecule has 0 unspecified atom stereocenters. The number of fused-ring (bicyclic) bond motifs is 1. The van der Waals surface area contributed by atoms with Crippen molar-refractivity contribution in [3.8, 4) is 0 Å². The molecule has 1 aliphatic heterocycles. The minimum atomic E-state index is -0.276. The van der Waals surface area contributed by atoms with Crippen LogP contribution in [-0.2, 0) is 6.54 Å². The molecular formula is C23H23N3O2. The summed E-state index contributed by atoms with van der Waals surface area (Å²) < 4.78 is 2.00. The van der Waals surface area contributed by atoms with Gasteiger partial charge in [0.25, 0.3) is 5.56 Å². The van der Waals surface area contributed by atoms with Crippen molar-refractivity contribution < 1.29 is 5.11 Å². The number of para-hydroxylation sites is 1. The van der Waals surface area contributed by atoms with Crippen LogP contribution in [-0.4, -0.2) is 32.6 Å². The van der Waals surface area contributed by atoms with E-state index in [1.54, 1.807) is 19.1 Å². The number of aromatic nitrogens is 2. The molecule has 4 rings (SSSR count). The molecule has 5 heteroatoms. The Balaban J connectivity index is 1.72. The van der Waals surface area contributed by atoms with Crippen LogP contribution in [0, 0.1) is 0 Å². The van der Waals surface area contributed by atoms with E-state index in [1.165, 1.54) is 5.56 Å². The molecule has 1 aromatic heterocycles. The largest absolute Gasteiger partial charge is 0.512 e. The summed E-state index contributed by atoms with van der Waals surface area (Å²) in [5.74, 6) is 0.588. The second-order valence-corrected chi connectivity index (χ2v) is 7.08. The number of nitrogens with zero attached hydrogens (tertiary/aromatic N) is 3. The van der Waals surface area contributed by atoms with E-state index in [-0.39, 0.29) is 11.3 Å². The molecule has 0 fully saturated rings. The van der Waals surface area contributed by atoms with Crippen LogP contribution in [0.5, 0.6) is 0 Å². The molecule has 28 heavy (non-hydrogen) atoms. The molecule has 1 aliphatic rings. The molecule has 1 N–H and O–H groups in total. The fourth-order valence-electron chi connectivity index (χ4n) is 3.66. The third-order valence-electron chi connectivity index (χ3n) is 4.96. The van der Waals surface area contributed by atoms with Gasteiger partial charge >= 0.3 is 0 Å². The highest BCUT2D eigenvalue weighted by atomic mass is 16.3. The van der Waals surface area contributed by atoms with E-state index in [4.69, 9.17) is 0 Å². The Hall–Kier alpha value is -3.18. The topological polar surface area (TPSA) is 58.4 Å². The first kappa shape index (κ1) is 18.2. The number of allylic oxidation sites excluding steroid dienone is 1. The normalized spacial score (nSPS) is 15.6. The zero-order chi connectivity index (χ0) is 19.5. The number of rotatable bonds is 4. The van der Waals surface area contributed by atoms with Crippen molar-refractivity contribution in [2.75, 3.05) is 13.1 Å². The molecule has 0 radical (unpaired) electrons. The van der Waals surface area contributed by atoms with E-state index < -0.39 is 0 Å². The zero-order valence-electron chi connectivity index (χ0n) is 15.9. The first-order chi connectivity index (χ1) is 13.6. The van der Waals surface area contributed by atoms with Crippen molar-refractivity contribution >= 4 is 22.7 Å². The van der Waals surface area contributed by atoms with Crippen LogP contribution in [0.4, 0.5) is 0 Å². The van der Waals surface area contributed by atoms with Crippen LogP contribution in [0.1, 0.15) is 24.7 Å². The Morgan fingerprint density at radius 1 is 1.14 bits per heavy atom. The Labute approximate surface area is 163 Å². The summed E-state index contributed by atoms with van der Waals surface area (Å²) >= 11 is 0. The smallest absolute Gasteiger partial charge is 0.281 e. The Morgan fingerprint density at radius 3 is 2.61 bits per heavy atom. The van der Waals surface area contributed by atoms with Crippen molar-refractivity contribution in [1.82, 2.24) is 14.5 Å². The Bertz CT molecular complexity index is 1110. The standard InChI is InChI=1S/C23H23N3O2/c1-17(27)15-22-24-23(28)20-9-5-6-10-21(20)26(22)19-11-13-25(14-12-19)16-18-7-3-2-4-8-18/h2-11,15,27H,12-14,16H2,1H3/b17-15+. The van der Waals surface area contributed by atoms with Gasteiger partial charge in [-0.1, -0.05) is 48.5 Å². The maximum absolute atomic E-state index is 12.4. The van der Waals surface area contributed by atoms with E-state index in [0.29, 0.717) is 11.2 Å². The lowest BCUT2D eigenvalue weighted by Crippen LogP contribution is -2.30. The number of aliphatic hydroxyl groups excluding tert-OH is 1. The molecule has 5 nitrogen and oxygen atoms in total. The summed E-state index contributed by atoms with van der Waals surface area (Å²) in [4.78, 5) is 19.0. The van der Waals surface area contributed by atoms with E-state index >= 15 is 0 Å². The third kappa shape index (κ3) is 3.75. The number of hydrogen-bond donors (Lipinski definition) is 1. The van der Waals surface area contributed by atoms with Crippen molar-refractivity contribution in [1.29, 1.82) is 0 Å². The zero-order valence-corrected chi connectivity index (χ0v) is 15.9. The van der Waals surface area contributed by atoms with Gasteiger partial charge in [0.2, 0.25) is 0 Å². The quantitative estimate of drug-likeness (QED) is 0.701. The van der Waals surface area contributed by atoms with E-state index in [0.717, 1.165) is 37.3 Å². The van der Waals surface area contributed by atoms with Gasteiger partial charge < -0.3 is 5.11 Å². The van der Waals surface area contributed by atoms with E-state index in [1.807, 2.05) is 28.8 Å². The van der Waals surface area contributed by atoms with Crippen molar-refractivity contribution in [2.24, 2.45) is 0 Å². The van der Waals surface area contributed by atoms with Gasteiger partial charge in [0, 0.05) is 37.8 Å². The van der Waals surface area contributed by atoms with E-state index in [2.05, 4.69) is 40.2 Å². The predicted octanol–water partition coefficient (Wildman–Crippen LogP) is 4.06. The second kappa shape index (κ2) is 7.82. The maximum atomic E-state index is 12.4. The fourth-order valence-corrected chi connectivity index (χ4v) is 3.66. The van der Waals surface area contributed by atoms with Crippen molar-refractivity contribution in [2.45, 2.75) is 19.9 Å². The molecule has 0 saturated carbocycles. The highest BCUT2D eigenvalue weighted by Gasteiger charge is 2.17. The molecule has 142 valence electrons. The van der Waals surface area contributed by atoms with Gasteiger partial charge in [-0.2, -0.15) is 4.98 Å². The van der Waals surface area contributed by atoms with Gasteiger partial charge in [0.05, 0.1) is 16.7 Å². The average molecular weight is 373 g/mol. The van der Waals surface area contributed by atoms with Crippen LogP contribution >= 0.6 is 0 Å². The van der Waals surface area contributed by atoms with Gasteiger partial charge in [-0.15, -0.1) is 0 Å². The van der Waals surface area contributed by atoms with Crippen LogP contribution < -0.4 is 5.56 Å². The predicted molar refractivity (Wildman–Crippen MR) is 113 cm³/mol. The van der Waals surface area contributed by atoms with Crippen molar-refractivity contribution in [3.63, 3.8) is 0 Å². The first-order valence-corrected chi connectivity index (χ1v) is 9.46. The SMILES string of the molecule is C/C(O)=C\c1nc(=O)c2ccccc2n1C1=CCN(Cc2ccccc2)CC1. The highest BCUT2D eigenvalue weighted by molar-refractivity contribution is 5.82. The second-order valence-electron chi connectivity index (χ2n) is 7.08. The summed E-state index contributed by atoms with van der Waals surface area (Å²) in [6.45, 7) is 4.24. The van der Waals surface area contributed by atoms with Gasteiger partial charge in [0.1, 0.15) is 5.82 Å². The summed E-state index contributed by atoms with van der Waals surface area (Å²) in [5.41, 5.74) is 2.94. The third-order valence-corrected chi connectivity index (χ3v) is 4.96. The van der Waals surface area contributed by atoms with Crippen LogP contribution in [0.15, 0.2) is 71.2 Å². The molecule has 0 atom stereocenters. The lowest BCUT2D eigenvalue weighted by Gasteiger charge is -2.28. The van der Waals surface area contributed by atoms with Crippen LogP contribution in [0.2, 0.25) is 0 Å². The molecule has 2 aromatic carbocycles. The maximum Gasteiger partial charge on any atom is 0.281 e. The number of aliphatic hydroxyl groups is 1. The molecule has 0 saturated heterocycles. The van der Waals surface area contributed by atoms with Crippen molar-refractivity contribution in [3.05, 3.63) is 88.2 Å². The monoisotopic (exact) mass is 373 g/mol. The molecule has 0 bridgehead atoms. The first-order valence-electron chi connectivity index (χ1n) is 9.46. The van der Waals surface area contributed by atoms with Gasteiger partial charge in [-0.25, -0.2) is 0 Å². The Kier molecular flexibility index (Phi) is 5.08. The lowest BCUT2D eigenvalue weighted by molar-refractivity contribution is 0.291. The molecule has 0 amide bonds. The lowest BCUT2D eigenvalue weighted by atomic mass is 10.1. The molecule has 0 aliphatic carbocycles. The minimum Gasteiger partial charge on any atom is -0.512 e. The van der Waals surface area contributed by atoms with E-state index in [9.17, 15) is 9.90 Å². The van der Waals surface area contributed by atoms with Gasteiger partial charge in [-0.05, 0) is 24.6 Å². The molecular weight excluding hydrogens is 350 g/mol. The molecule has 2 heterocycles. The van der Waals surface area contributed by atoms with Crippen LogP contribution in [0.3, 0.4) is 0 Å². The summed E-state index contributed by atoms with van der Waals surface area (Å²) in [6, 6.07) is 17.9.